The van der Waals surface area contributed by atoms with Crippen molar-refractivity contribution in [3.8, 4) is 0 Å². The lowest BCUT2D eigenvalue weighted by Gasteiger charge is -2.15. The van der Waals surface area contributed by atoms with Crippen molar-refractivity contribution >= 4 is 6.21 Å². The quantitative estimate of drug-likeness (QED) is 0.722. The van der Waals surface area contributed by atoms with Gasteiger partial charge in [0, 0.05) is 19.2 Å². The molecule has 16 heavy (non-hydrogen) atoms. The van der Waals surface area contributed by atoms with Gasteiger partial charge in [-0.2, -0.15) is 0 Å². The van der Waals surface area contributed by atoms with Crippen LogP contribution in [0.2, 0.25) is 0 Å². The van der Waals surface area contributed by atoms with Crippen molar-refractivity contribution in [3.63, 3.8) is 0 Å². The topological polar surface area (TPSA) is 24.8 Å². The van der Waals surface area contributed by atoms with Crippen molar-refractivity contribution < 1.29 is 4.74 Å². The zero-order valence-electron chi connectivity index (χ0n) is 10.2. The molecule has 0 fully saturated rings. The van der Waals surface area contributed by atoms with E-state index in [9.17, 15) is 0 Å². The molecule has 0 bridgehead atoms. The van der Waals surface area contributed by atoms with Crippen molar-refractivity contribution in [1.82, 2.24) is 4.90 Å². The maximum atomic E-state index is 5.29. The molecule has 0 aromatic heterocycles. The van der Waals surface area contributed by atoms with Crippen LogP contribution >= 0.6 is 0 Å². The van der Waals surface area contributed by atoms with Gasteiger partial charge in [-0.1, -0.05) is 0 Å². The number of hydrogen-bond donors (Lipinski definition) is 0. The molecule has 2 aliphatic rings. The summed E-state index contributed by atoms with van der Waals surface area (Å²) in [5.74, 6) is 1.02. The van der Waals surface area contributed by atoms with Crippen molar-refractivity contribution in [1.29, 1.82) is 0 Å². The maximum absolute atomic E-state index is 5.29. The zero-order chi connectivity index (χ0) is 11.5. The number of hydrogen-bond acceptors (Lipinski definition) is 3. The molecule has 1 aliphatic carbocycles. The standard InChI is InChI=1S/C13H18N2O/c1-15(2)7-6-10-9-14-13-5-4-11(16-3)8-12(10)13/h4-5,9H,6-8H2,1-3H3. The molecule has 1 heterocycles. The van der Waals surface area contributed by atoms with Crippen LogP contribution in [-0.4, -0.2) is 38.9 Å². The van der Waals surface area contributed by atoms with Crippen molar-refractivity contribution in [2.75, 3.05) is 27.7 Å². The Bertz CT molecular complexity index is 400. The monoisotopic (exact) mass is 218 g/mol. The summed E-state index contributed by atoms with van der Waals surface area (Å²) in [5.41, 5.74) is 3.79. The minimum Gasteiger partial charge on any atom is -0.501 e. The lowest BCUT2D eigenvalue weighted by molar-refractivity contribution is 0.282. The molecule has 0 N–H and O–H groups in total. The van der Waals surface area contributed by atoms with Crippen LogP contribution in [0.1, 0.15) is 12.8 Å². The first-order chi connectivity index (χ1) is 7.70. The first-order valence-corrected chi connectivity index (χ1v) is 5.56. The second-order valence-corrected chi connectivity index (χ2v) is 4.38. The first kappa shape index (κ1) is 11.1. The summed E-state index contributed by atoms with van der Waals surface area (Å²) in [6, 6.07) is 0. The van der Waals surface area contributed by atoms with Crippen LogP contribution in [0.25, 0.3) is 0 Å². The van der Waals surface area contributed by atoms with Crippen molar-refractivity contribution in [3.05, 3.63) is 34.8 Å². The predicted molar refractivity (Wildman–Crippen MR) is 66.5 cm³/mol. The number of ether oxygens (including phenoxy) is 1. The van der Waals surface area contributed by atoms with Crippen LogP contribution in [0.5, 0.6) is 0 Å². The average molecular weight is 218 g/mol. The molecular weight excluding hydrogens is 200 g/mol. The molecule has 3 heteroatoms. The molecule has 0 saturated heterocycles. The number of allylic oxidation sites excluding steroid dienone is 4. The fourth-order valence-electron chi connectivity index (χ4n) is 1.92. The van der Waals surface area contributed by atoms with Crippen molar-refractivity contribution in [2.24, 2.45) is 4.99 Å². The summed E-state index contributed by atoms with van der Waals surface area (Å²) in [6.45, 7) is 1.06. The van der Waals surface area contributed by atoms with Crippen LogP contribution in [0.4, 0.5) is 0 Å². The third-order valence-corrected chi connectivity index (χ3v) is 2.92. The van der Waals surface area contributed by atoms with Crippen molar-refractivity contribution in [2.45, 2.75) is 12.8 Å². The van der Waals surface area contributed by atoms with Gasteiger partial charge in [-0.15, -0.1) is 0 Å². The fourth-order valence-corrected chi connectivity index (χ4v) is 1.92. The fraction of sp³-hybridized carbons (Fsp3) is 0.462. The Labute approximate surface area is 96.8 Å². The molecular formula is C13H18N2O. The number of rotatable bonds is 4. The normalized spacial score (nSPS) is 18.8. The van der Waals surface area contributed by atoms with Crippen LogP contribution in [0.3, 0.4) is 0 Å². The van der Waals surface area contributed by atoms with E-state index in [0.29, 0.717) is 0 Å². The van der Waals surface area contributed by atoms with Gasteiger partial charge in [0.05, 0.1) is 12.8 Å². The van der Waals surface area contributed by atoms with Gasteiger partial charge < -0.3 is 9.64 Å². The number of fused-ring (bicyclic) bond motifs is 1. The molecule has 0 aromatic carbocycles. The molecule has 0 aromatic rings. The van der Waals surface area contributed by atoms with Gasteiger partial charge in [0.1, 0.15) is 5.76 Å². The summed E-state index contributed by atoms with van der Waals surface area (Å²) in [5, 5.41) is 0. The minimum atomic E-state index is 0.880. The summed E-state index contributed by atoms with van der Waals surface area (Å²) in [4.78, 5) is 6.62. The van der Waals surface area contributed by atoms with E-state index in [1.807, 2.05) is 18.4 Å². The van der Waals surface area contributed by atoms with Gasteiger partial charge in [0.15, 0.2) is 0 Å². The Kier molecular flexibility index (Phi) is 3.25. The highest BCUT2D eigenvalue weighted by atomic mass is 16.5. The Balaban J connectivity index is 2.12. The van der Waals surface area contributed by atoms with Crippen LogP contribution in [0, 0.1) is 0 Å². The largest absolute Gasteiger partial charge is 0.501 e. The number of aliphatic imine (C=N–C) groups is 1. The van der Waals surface area contributed by atoms with E-state index in [0.717, 1.165) is 30.8 Å². The van der Waals surface area contributed by atoms with E-state index in [1.54, 1.807) is 7.11 Å². The van der Waals surface area contributed by atoms with E-state index in [1.165, 1.54) is 11.1 Å². The Morgan fingerprint density at radius 1 is 1.38 bits per heavy atom. The van der Waals surface area contributed by atoms with Gasteiger partial charge >= 0.3 is 0 Å². The summed E-state index contributed by atoms with van der Waals surface area (Å²) >= 11 is 0. The van der Waals surface area contributed by atoms with E-state index < -0.39 is 0 Å². The maximum Gasteiger partial charge on any atom is 0.100 e. The molecule has 0 amide bonds. The predicted octanol–water partition coefficient (Wildman–Crippen LogP) is 2.14. The lowest BCUT2D eigenvalue weighted by Crippen LogP contribution is -2.14. The molecule has 0 saturated carbocycles. The summed E-state index contributed by atoms with van der Waals surface area (Å²) in [6.07, 6.45) is 7.98. The first-order valence-electron chi connectivity index (χ1n) is 5.56. The molecule has 3 nitrogen and oxygen atoms in total. The molecule has 2 rings (SSSR count). The summed E-state index contributed by atoms with van der Waals surface area (Å²) < 4.78 is 5.29. The zero-order valence-corrected chi connectivity index (χ0v) is 10.2. The van der Waals surface area contributed by atoms with Crippen LogP contribution in [-0.2, 0) is 4.74 Å². The Morgan fingerprint density at radius 2 is 2.19 bits per heavy atom. The lowest BCUT2D eigenvalue weighted by atomic mass is 9.98. The molecule has 1 aliphatic heterocycles. The molecule has 0 unspecified atom stereocenters. The second-order valence-electron chi connectivity index (χ2n) is 4.38. The number of nitrogens with zero attached hydrogens (tertiary/aromatic N) is 2. The van der Waals surface area contributed by atoms with Gasteiger partial charge in [0.2, 0.25) is 0 Å². The van der Waals surface area contributed by atoms with Gasteiger partial charge in [0.25, 0.3) is 0 Å². The van der Waals surface area contributed by atoms with E-state index in [2.05, 4.69) is 24.0 Å². The van der Waals surface area contributed by atoms with Gasteiger partial charge in [-0.3, -0.25) is 4.99 Å². The van der Waals surface area contributed by atoms with Crippen LogP contribution < -0.4 is 0 Å². The summed E-state index contributed by atoms with van der Waals surface area (Å²) in [7, 11) is 5.91. The van der Waals surface area contributed by atoms with Crippen LogP contribution in [0.15, 0.2) is 39.7 Å². The molecule has 0 spiro atoms. The highest BCUT2D eigenvalue weighted by Crippen LogP contribution is 2.32. The molecule has 86 valence electrons. The third kappa shape index (κ3) is 2.25. The minimum absolute atomic E-state index is 0.880. The van der Waals surface area contributed by atoms with E-state index >= 15 is 0 Å². The third-order valence-electron chi connectivity index (χ3n) is 2.92. The van der Waals surface area contributed by atoms with E-state index in [4.69, 9.17) is 4.74 Å². The smallest absolute Gasteiger partial charge is 0.100 e. The SMILES string of the molecule is COC1=CC=C2N=CC(CCN(C)C)=C2C1. The van der Waals surface area contributed by atoms with Gasteiger partial charge in [-0.05, 0) is 43.8 Å². The van der Waals surface area contributed by atoms with E-state index in [-0.39, 0.29) is 0 Å². The Hall–Kier alpha value is -1.35. The second kappa shape index (κ2) is 4.66. The Morgan fingerprint density at radius 3 is 2.88 bits per heavy atom. The average Bonchev–Trinajstić information content (AvgIpc) is 2.68. The highest BCUT2D eigenvalue weighted by molar-refractivity contribution is 5.87. The van der Waals surface area contributed by atoms with Gasteiger partial charge in [-0.25, -0.2) is 0 Å². The highest BCUT2D eigenvalue weighted by Gasteiger charge is 2.19. The molecule has 0 radical (unpaired) electrons. The number of methoxy groups -OCH3 is 1. The molecule has 0 atom stereocenters.